The summed E-state index contributed by atoms with van der Waals surface area (Å²) >= 11 is 6.23. The Morgan fingerprint density at radius 1 is 1.00 bits per heavy atom. The molecular weight excluding hydrogens is 396 g/mol. The van der Waals surface area contributed by atoms with E-state index in [0.29, 0.717) is 13.1 Å². The number of halogens is 1. The molecule has 0 atom stereocenters. The number of benzene rings is 2. The molecule has 0 radical (unpaired) electrons. The predicted molar refractivity (Wildman–Crippen MR) is 113 cm³/mol. The molecule has 1 fully saturated rings. The van der Waals surface area contributed by atoms with E-state index >= 15 is 0 Å². The van der Waals surface area contributed by atoms with E-state index in [9.17, 15) is 13.2 Å². The topological polar surface area (TPSA) is 66.5 Å². The van der Waals surface area contributed by atoms with E-state index in [2.05, 4.69) is 5.32 Å². The molecule has 0 unspecified atom stereocenters. The van der Waals surface area contributed by atoms with E-state index < -0.39 is 15.9 Å². The Morgan fingerprint density at radius 3 is 2.21 bits per heavy atom. The predicted octanol–water partition coefficient (Wildman–Crippen LogP) is 4.69. The van der Waals surface area contributed by atoms with Crippen molar-refractivity contribution in [2.45, 2.75) is 44.9 Å². The summed E-state index contributed by atoms with van der Waals surface area (Å²) in [7, 11) is -3.63. The van der Waals surface area contributed by atoms with Gasteiger partial charge in [-0.15, -0.1) is 0 Å². The molecule has 1 N–H and O–H groups in total. The average Bonchev–Trinajstić information content (AvgIpc) is 2.65. The first-order valence-corrected chi connectivity index (χ1v) is 11.2. The number of carbonyl (C=O) groups excluding carboxylic acids is 1. The van der Waals surface area contributed by atoms with Crippen LogP contribution >= 0.6 is 11.6 Å². The molecule has 28 heavy (non-hydrogen) atoms. The third-order valence-electron chi connectivity index (χ3n) is 5.05. The fraction of sp³-hybridized carbons (Fsp3) is 0.381. The first-order valence-electron chi connectivity index (χ1n) is 9.39. The molecule has 0 bridgehead atoms. The number of amides is 1. The highest BCUT2D eigenvalue weighted by atomic mass is 35.5. The van der Waals surface area contributed by atoms with Gasteiger partial charge < -0.3 is 5.32 Å². The molecule has 0 spiro atoms. The van der Waals surface area contributed by atoms with Crippen LogP contribution in [-0.4, -0.2) is 31.7 Å². The standard InChI is InChI=1S/C21H25ClN2O3S/c1-14-11-15(2)20(16(3)12-14)23-21(25)18-13-17(7-8-19(18)22)28(26,27)24-9-5-4-6-10-24/h7-8,11-13H,4-6,9-10H2,1-3H3,(H,23,25). The van der Waals surface area contributed by atoms with Crippen LogP contribution in [-0.2, 0) is 10.0 Å². The number of sulfonamides is 1. The minimum absolute atomic E-state index is 0.0984. The van der Waals surface area contributed by atoms with E-state index in [-0.39, 0.29) is 15.5 Å². The number of carbonyl (C=O) groups is 1. The molecule has 1 aliphatic rings. The van der Waals surface area contributed by atoms with Crippen LogP contribution in [0.3, 0.4) is 0 Å². The summed E-state index contributed by atoms with van der Waals surface area (Å²) in [6, 6.07) is 8.29. The van der Waals surface area contributed by atoms with Crippen LogP contribution in [0, 0.1) is 20.8 Å². The van der Waals surface area contributed by atoms with Crippen molar-refractivity contribution in [1.29, 1.82) is 0 Å². The van der Waals surface area contributed by atoms with Gasteiger partial charge in [0, 0.05) is 18.8 Å². The van der Waals surface area contributed by atoms with Gasteiger partial charge in [-0.05, 0) is 62.9 Å². The van der Waals surface area contributed by atoms with Crippen LogP contribution in [0.2, 0.25) is 5.02 Å². The Bertz CT molecular complexity index is 989. The number of hydrogen-bond donors (Lipinski definition) is 1. The number of nitrogens with zero attached hydrogens (tertiary/aromatic N) is 1. The van der Waals surface area contributed by atoms with Crippen LogP contribution in [0.25, 0.3) is 0 Å². The van der Waals surface area contributed by atoms with Gasteiger partial charge in [0.2, 0.25) is 10.0 Å². The Kier molecular flexibility index (Phi) is 6.12. The maximum atomic E-state index is 12.9. The fourth-order valence-electron chi connectivity index (χ4n) is 3.65. The molecule has 3 rings (SSSR count). The zero-order valence-corrected chi connectivity index (χ0v) is 18.0. The lowest BCUT2D eigenvalue weighted by Gasteiger charge is -2.26. The van der Waals surface area contributed by atoms with Crippen LogP contribution in [0.1, 0.15) is 46.3 Å². The zero-order valence-electron chi connectivity index (χ0n) is 16.4. The van der Waals surface area contributed by atoms with Gasteiger partial charge in [0.1, 0.15) is 0 Å². The molecule has 1 saturated heterocycles. The molecule has 5 nitrogen and oxygen atoms in total. The smallest absolute Gasteiger partial charge is 0.257 e. The van der Waals surface area contributed by atoms with E-state index in [1.807, 2.05) is 32.9 Å². The van der Waals surface area contributed by atoms with Gasteiger partial charge in [-0.2, -0.15) is 4.31 Å². The van der Waals surface area contributed by atoms with Gasteiger partial charge in [0.15, 0.2) is 0 Å². The highest BCUT2D eigenvalue weighted by molar-refractivity contribution is 7.89. The molecule has 1 heterocycles. The second-order valence-corrected chi connectivity index (χ2v) is 9.68. The zero-order chi connectivity index (χ0) is 20.5. The number of nitrogens with one attached hydrogen (secondary N) is 1. The van der Waals surface area contributed by atoms with E-state index in [1.165, 1.54) is 22.5 Å². The number of anilines is 1. The third-order valence-corrected chi connectivity index (χ3v) is 7.28. The number of aryl methyl sites for hydroxylation is 3. The van der Waals surface area contributed by atoms with Gasteiger partial charge in [-0.25, -0.2) is 8.42 Å². The van der Waals surface area contributed by atoms with Crippen molar-refractivity contribution in [3.05, 3.63) is 57.6 Å². The van der Waals surface area contributed by atoms with Crippen LogP contribution < -0.4 is 5.32 Å². The second kappa shape index (κ2) is 8.23. The van der Waals surface area contributed by atoms with E-state index in [0.717, 1.165) is 41.6 Å². The molecule has 7 heteroatoms. The lowest BCUT2D eigenvalue weighted by atomic mass is 10.0. The van der Waals surface area contributed by atoms with Gasteiger partial charge in [0.25, 0.3) is 5.91 Å². The highest BCUT2D eigenvalue weighted by Crippen LogP contribution is 2.27. The molecule has 1 aliphatic heterocycles. The summed E-state index contributed by atoms with van der Waals surface area (Å²) in [6.45, 7) is 6.86. The molecule has 150 valence electrons. The van der Waals surface area contributed by atoms with Crippen molar-refractivity contribution >= 4 is 33.2 Å². The average molecular weight is 421 g/mol. The molecular formula is C21H25ClN2O3S. The molecule has 0 aromatic heterocycles. The molecule has 2 aromatic rings. The Hall–Kier alpha value is -1.89. The van der Waals surface area contributed by atoms with E-state index in [1.54, 1.807) is 0 Å². The van der Waals surface area contributed by atoms with Crippen molar-refractivity contribution < 1.29 is 13.2 Å². The lowest BCUT2D eigenvalue weighted by Crippen LogP contribution is -2.35. The number of hydrogen-bond acceptors (Lipinski definition) is 3. The maximum absolute atomic E-state index is 12.9. The van der Waals surface area contributed by atoms with Gasteiger partial charge in [-0.3, -0.25) is 4.79 Å². The Morgan fingerprint density at radius 2 is 1.61 bits per heavy atom. The monoisotopic (exact) mass is 420 g/mol. The number of piperidine rings is 1. The molecule has 0 aliphatic carbocycles. The van der Waals surface area contributed by atoms with Crippen molar-refractivity contribution in [3.8, 4) is 0 Å². The molecule has 1 amide bonds. The first kappa shape index (κ1) is 20.8. The normalized spacial score (nSPS) is 15.4. The highest BCUT2D eigenvalue weighted by Gasteiger charge is 2.27. The van der Waals surface area contributed by atoms with Gasteiger partial charge >= 0.3 is 0 Å². The Balaban J connectivity index is 1.92. The Labute approximate surface area is 171 Å². The minimum atomic E-state index is -3.63. The third kappa shape index (κ3) is 4.24. The molecule has 2 aromatic carbocycles. The second-order valence-electron chi connectivity index (χ2n) is 7.33. The minimum Gasteiger partial charge on any atom is -0.321 e. The summed E-state index contributed by atoms with van der Waals surface area (Å²) in [5.74, 6) is -0.421. The summed E-state index contributed by atoms with van der Waals surface area (Å²) in [6.07, 6.45) is 2.74. The quantitative estimate of drug-likeness (QED) is 0.780. The van der Waals surface area contributed by atoms with Gasteiger partial charge in [-0.1, -0.05) is 35.7 Å². The van der Waals surface area contributed by atoms with Crippen molar-refractivity contribution in [2.24, 2.45) is 0 Å². The summed E-state index contributed by atoms with van der Waals surface area (Å²) in [4.78, 5) is 13.0. The van der Waals surface area contributed by atoms with Crippen LogP contribution in [0.15, 0.2) is 35.2 Å². The van der Waals surface area contributed by atoms with Crippen molar-refractivity contribution in [3.63, 3.8) is 0 Å². The largest absolute Gasteiger partial charge is 0.321 e. The van der Waals surface area contributed by atoms with Crippen molar-refractivity contribution in [2.75, 3.05) is 18.4 Å². The van der Waals surface area contributed by atoms with Crippen LogP contribution in [0.5, 0.6) is 0 Å². The summed E-state index contributed by atoms with van der Waals surface area (Å²) in [5, 5.41) is 3.11. The van der Waals surface area contributed by atoms with Crippen molar-refractivity contribution in [1.82, 2.24) is 4.31 Å². The summed E-state index contributed by atoms with van der Waals surface area (Å²) in [5.41, 5.74) is 3.87. The lowest BCUT2D eigenvalue weighted by molar-refractivity contribution is 0.102. The maximum Gasteiger partial charge on any atom is 0.257 e. The van der Waals surface area contributed by atoms with Gasteiger partial charge in [0.05, 0.1) is 15.5 Å². The fourth-order valence-corrected chi connectivity index (χ4v) is 5.40. The summed E-state index contributed by atoms with van der Waals surface area (Å²) < 4.78 is 27.3. The number of rotatable bonds is 4. The first-order chi connectivity index (χ1) is 13.2. The van der Waals surface area contributed by atoms with E-state index in [4.69, 9.17) is 11.6 Å². The SMILES string of the molecule is Cc1cc(C)c(NC(=O)c2cc(S(=O)(=O)N3CCCCC3)ccc2Cl)c(C)c1. The van der Waals surface area contributed by atoms with Crippen LogP contribution in [0.4, 0.5) is 5.69 Å². The molecule has 0 saturated carbocycles.